The molecule has 1 amide bonds. The van der Waals surface area contributed by atoms with E-state index < -0.39 is 0 Å². The SMILES string of the molecule is O=C(NCc1ccccc1Cl)C1NCC2CCCC21. The molecule has 1 aliphatic carbocycles. The van der Waals surface area contributed by atoms with Crippen molar-refractivity contribution in [1.29, 1.82) is 0 Å². The number of carbonyl (C=O) groups is 1. The lowest BCUT2D eigenvalue weighted by Gasteiger charge is -2.18. The third-order valence-corrected chi connectivity index (χ3v) is 4.81. The van der Waals surface area contributed by atoms with Crippen LogP contribution in [-0.2, 0) is 11.3 Å². The Balaban J connectivity index is 1.58. The maximum Gasteiger partial charge on any atom is 0.237 e. The molecule has 0 radical (unpaired) electrons. The molecule has 2 aliphatic rings. The van der Waals surface area contributed by atoms with Gasteiger partial charge in [-0.25, -0.2) is 0 Å². The van der Waals surface area contributed by atoms with Crippen LogP contribution in [0.25, 0.3) is 0 Å². The minimum Gasteiger partial charge on any atom is -0.351 e. The molecule has 1 saturated heterocycles. The normalized spacial score (nSPS) is 29.2. The van der Waals surface area contributed by atoms with E-state index in [1.54, 1.807) is 0 Å². The van der Waals surface area contributed by atoms with Crippen molar-refractivity contribution in [3.05, 3.63) is 34.9 Å². The fourth-order valence-corrected chi connectivity index (χ4v) is 3.61. The maximum atomic E-state index is 12.3. The van der Waals surface area contributed by atoms with Gasteiger partial charge in [-0.1, -0.05) is 36.2 Å². The quantitative estimate of drug-likeness (QED) is 0.891. The molecule has 2 N–H and O–H groups in total. The lowest BCUT2D eigenvalue weighted by molar-refractivity contribution is -0.123. The Bertz CT molecular complexity index is 477. The molecule has 0 bridgehead atoms. The standard InChI is InChI=1S/C15H19ClN2O/c16-13-7-2-1-4-11(13)9-18-15(19)14-12-6-3-5-10(12)8-17-14/h1-2,4,7,10,12,14,17H,3,5-6,8-9H2,(H,18,19). The monoisotopic (exact) mass is 278 g/mol. The molecule has 0 spiro atoms. The van der Waals surface area contributed by atoms with Crippen LogP contribution in [0.3, 0.4) is 0 Å². The Morgan fingerprint density at radius 2 is 2.21 bits per heavy atom. The van der Waals surface area contributed by atoms with Gasteiger partial charge in [-0.2, -0.15) is 0 Å². The summed E-state index contributed by atoms with van der Waals surface area (Å²) in [5.41, 5.74) is 0.971. The second-order valence-corrected chi connectivity index (χ2v) is 5.96. The topological polar surface area (TPSA) is 41.1 Å². The van der Waals surface area contributed by atoms with Gasteiger partial charge in [0.1, 0.15) is 0 Å². The summed E-state index contributed by atoms with van der Waals surface area (Å²) in [4.78, 5) is 12.3. The Labute approximate surface area is 118 Å². The van der Waals surface area contributed by atoms with Crippen molar-refractivity contribution in [2.75, 3.05) is 6.54 Å². The number of halogens is 1. The largest absolute Gasteiger partial charge is 0.351 e. The van der Waals surface area contributed by atoms with Gasteiger partial charge in [-0.15, -0.1) is 0 Å². The minimum atomic E-state index is -0.00464. The van der Waals surface area contributed by atoms with Gasteiger partial charge < -0.3 is 10.6 Å². The van der Waals surface area contributed by atoms with Crippen LogP contribution in [0, 0.1) is 11.8 Å². The average Bonchev–Trinajstić information content (AvgIpc) is 2.99. The van der Waals surface area contributed by atoms with Crippen LogP contribution in [0.1, 0.15) is 24.8 Å². The van der Waals surface area contributed by atoms with Crippen LogP contribution in [0.2, 0.25) is 5.02 Å². The Morgan fingerprint density at radius 3 is 3.05 bits per heavy atom. The first kappa shape index (κ1) is 12.9. The predicted molar refractivity (Wildman–Crippen MR) is 75.9 cm³/mol. The van der Waals surface area contributed by atoms with Crippen molar-refractivity contribution >= 4 is 17.5 Å². The van der Waals surface area contributed by atoms with E-state index in [0.29, 0.717) is 23.4 Å². The first-order valence-electron chi connectivity index (χ1n) is 7.00. The fourth-order valence-electron chi connectivity index (χ4n) is 3.41. The number of carbonyl (C=O) groups excluding carboxylic acids is 1. The van der Waals surface area contributed by atoms with Crippen LogP contribution in [0.4, 0.5) is 0 Å². The van der Waals surface area contributed by atoms with Gasteiger partial charge >= 0.3 is 0 Å². The van der Waals surface area contributed by atoms with E-state index in [0.717, 1.165) is 12.1 Å². The average molecular weight is 279 g/mol. The molecule has 3 atom stereocenters. The first-order chi connectivity index (χ1) is 9.25. The molecule has 102 valence electrons. The van der Waals surface area contributed by atoms with Gasteiger partial charge in [0.15, 0.2) is 0 Å². The summed E-state index contributed by atoms with van der Waals surface area (Å²) in [6.45, 7) is 1.50. The molecule has 3 unspecified atom stereocenters. The molecular weight excluding hydrogens is 260 g/mol. The molecule has 1 heterocycles. The van der Waals surface area contributed by atoms with E-state index >= 15 is 0 Å². The van der Waals surface area contributed by atoms with Crippen LogP contribution >= 0.6 is 11.6 Å². The van der Waals surface area contributed by atoms with Crippen molar-refractivity contribution in [1.82, 2.24) is 10.6 Å². The zero-order chi connectivity index (χ0) is 13.2. The van der Waals surface area contributed by atoms with Crippen molar-refractivity contribution in [3.8, 4) is 0 Å². The van der Waals surface area contributed by atoms with E-state index in [9.17, 15) is 4.79 Å². The number of hydrogen-bond donors (Lipinski definition) is 2. The van der Waals surface area contributed by atoms with Gasteiger partial charge in [-0.3, -0.25) is 4.79 Å². The van der Waals surface area contributed by atoms with Crippen LogP contribution in [0.15, 0.2) is 24.3 Å². The summed E-state index contributed by atoms with van der Waals surface area (Å²) >= 11 is 6.09. The van der Waals surface area contributed by atoms with E-state index in [2.05, 4.69) is 10.6 Å². The maximum absolute atomic E-state index is 12.3. The van der Waals surface area contributed by atoms with Crippen molar-refractivity contribution in [3.63, 3.8) is 0 Å². The summed E-state index contributed by atoms with van der Waals surface area (Å²) in [5, 5.41) is 7.08. The van der Waals surface area contributed by atoms with Crippen LogP contribution in [0.5, 0.6) is 0 Å². The second kappa shape index (κ2) is 5.51. The Morgan fingerprint density at radius 1 is 1.37 bits per heavy atom. The molecule has 1 aromatic rings. The number of amides is 1. The number of hydrogen-bond acceptors (Lipinski definition) is 2. The molecule has 1 aliphatic heterocycles. The molecule has 2 fully saturated rings. The van der Waals surface area contributed by atoms with Crippen LogP contribution in [-0.4, -0.2) is 18.5 Å². The summed E-state index contributed by atoms with van der Waals surface area (Å²) in [6, 6.07) is 7.63. The van der Waals surface area contributed by atoms with Gasteiger partial charge in [0.05, 0.1) is 6.04 Å². The highest BCUT2D eigenvalue weighted by Crippen LogP contribution is 2.37. The highest BCUT2D eigenvalue weighted by Gasteiger charge is 2.42. The van der Waals surface area contributed by atoms with E-state index in [1.807, 2.05) is 24.3 Å². The number of rotatable bonds is 3. The molecule has 0 aromatic heterocycles. The van der Waals surface area contributed by atoms with Gasteiger partial charge in [0.25, 0.3) is 0 Å². The molecule has 4 heteroatoms. The summed E-state index contributed by atoms with van der Waals surface area (Å²) in [7, 11) is 0. The summed E-state index contributed by atoms with van der Waals surface area (Å²) in [5.74, 6) is 1.36. The lowest BCUT2D eigenvalue weighted by Crippen LogP contribution is -2.43. The predicted octanol–water partition coefficient (Wildman–Crippen LogP) is 2.34. The highest BCUT2D eigenvalue weighted by atomic mass is 35.5. The van der Waals surface area contributed by atoms with Crippen molar-refractivity contribution in [2.24, 2.45) is 11.8 Å². The Kier molecular flexibility index (Phi) is 3.76. The zero-order valence-corrected chi connectivity index (χ0v) is 11.6. The molecule has 1 aromatic carbocycles. The molecule has 3 rings (SSSR count). The highest BCUT2D eigenvalue weighted by molar-refractivity contribution is 6.31. The van der Waals surface area contributed by atoms with E-state index in [-0.39, 0.29) is 11.9 Å². The Hall–Kier alpha value is -1.06. The molecule has 3 nitrogen and oxygen atoms in total. The van der Waals surface area contributed by atoms with Crippen molar-refractivity contribution < 1.29 is 4.79 Å². The zero-order valence-electron chi connectivity index (χ0n) is 10.9. The molecule has 1 saturated carbocycles. The lowest BCUT2D eigenvalue weighted by atomic mass is 9.93. The summed E-state index contributed by atoms with van der Waals surface area (Å²) in [6.07, 6.45) is 3.72. The van der Waals surface area contributed by atoms with Gasteiger partial charge in [0.2, 0.25) is 5.91 Å². The van der Waals surface area contributed by atoms with Gasteiger partial charge in [-0.05, 0) is 42.9 Å². The second-order valence-electron chi connectivity index (χ2n) is 5.55. The smallest absolute Gasteiger partial charge is 0.237 e. The van der Waals surface area contributed by atoms with Crippen LogP contribution < -0.4 is 10.6 Å². The third kappa shape index (κ3) is 2.63. The molecule has 19 heavy (non-hydrogen) atoms. The number of nitrogens with one attached hydrogen (secondary N) is 2. The first-order valence-corrected chi connectivity index (χ1v) is 7.38. The van der Waals surface area contributed by atoms with Crippen molar-refractivity contribution in [2.45, 2.75) is 31.8 Å². The third-order valence-electron chi connectivity index (χ3n) is 4.44. The summed E-state index contributed by atoms with van der Waals surface area (Å²) < 4.78 is 0. The fraction of sp³-hybridized carbons (Fsp3) is 0.533. The van der Waals surface area contributed by atoms with E-state index in [1.165, 1.54) is 19.3 Å². The molecular formula is C15H19ClN2O. The minimum absolute atomic E-state index is 0.00464. The van der Waals surface area contributed by atoms with Gasteiger partial charge in [0, 0.05) is 11.6 Å². The number of benzene rings is 1. The number of fused-ring (bicyclic) bond motifs is 1. The van der Waals surface area contributed by atoms with E-state index in [4.69, 9.17) is 11.6 Å².